The third kappa shape index (κ3) is 4.31. The van der Waals surface area contributed by atoms with Gasteiger partial charge in [-0.15, -0.1) is 0 Å². The van der Waals surface area contributed by atoms with Gasteiger partial charge in [-0.3, -0.25) is 4.79 Å². The molecule has 0 unspecified atom stereocenters. The van der Waals surface area contributed by atoms with Crippen LogP contribution in [0.4, 0.5) is 11.4 Å². The van der Waals surface area contributed by atoms with Gasteiger partial charge in [0, 0.05) is 24.3 Å². The molecule has 0 fully saturated rings. The van der Waals surface area contributed by atoms with Crippen LogP contribution >= 0.6 is 0 Å². The SMILES string of the molecule is COc1ccc(NC(=O)CCNc2ccccc2)cc1. The van der Waals surface area contributed by atoms with E-state index >= 15 is 0 Å². The molecule has 2 N–H and O–H groups in total. The van der Waals surface area contributed by atoms with Crippen LogP contribution in [0.3, 0.4) is 0 Å². The van der Waals surface area contributed by atoms with Crippen LogP contribution in [-0.2, 0) is 4.79 Å². The second-order valence-electron chi connectivity index (χ2n) is 4.32. The van der Waals surface area contributed by atoms with Crippen LogP contribution in [0.5, 0.6) is 5.75 Å². The summed E-state index contributed by atoms with van der Waals surface area (Å²) in [5.74, 6) is 0.757. The van der Waals surface area contributed by atoms with Crippen molar-refractivity contribution in [2.24, 2.45) is 0 Å². The zero-order valence-corrected chi connectivity index (χ0v) is 11.4. The predicted octanol–water partition coefficient (Wildman–Crippen LogP) is 3.14. The molecule has 4 heteroatoms. The Kier molecular flexibility index (Phi) is 5.00. The highest BCUT2D eigenvalue weighted by Crippen LogP contribution is 2.15. The molecule has 104 valence electrons. The molecular weight excluding hydrogens is 252 g/mol. The lowest BCUT2D eigenvalue weighted by Gasteiger charge is -2.08. The van der Waals surface area contributed by atoms with E-state index in [0.29, 0.717) is 13.0 Å². The number of benzene rings is 2. The second kappa shape index (κ2) is 7.19. The molecule has 0 aliphatic carbocycles. The number of nitrogens with one attached hydrogen (secondary N) is 2. The predicted molar refractivity (Wildman–Crippen MR) is 81.2 cm³/mol. The summed E-state index contributed by atoms with van der Waals surface area (Å²) in [4.78, 5) is 11.8. The molecule has 2 rings (SSSR count). The maximum atomic E-state index is 11.8. The van der Waals surface area contributed by atoms with Gasteiger partial charge in [0.05, 0.1) is 7.11 Å². The van der Waals surface area contributed by atoms with E-state index < -0.39 is 0 Å². The van der Waals surface area contributed by atoms with Gasteiger partial charge in [0.25, 0.3) is 0 Å². The van der Waals surface area contributed by atoms with Crippen LogP contribution in [-0.4, -0.2) is 19.6 Å². The van der Waals surface area contributed by atoms with E-state index in [1.165, 1.54) is 0 Å². The largest absolute Gasteiger partial charge is 0.497 e. The van der Waals surface area contributed by atoms with Crippen LogP contribution < -0.4 is 15.4 Å². The van der Waals surface area contributed by atoms with Gasteiger partial charge in [-0.1, -0.05) is 18.2 Å². The molecule has 0 aromatic heterocycles. The van der Waals surface area contributed by atoms with Gasteiger partial charge < -0.3 is 15.4 Å². The second-order valence-corrected chi connectivity index (χ2v) is 4.32. The standard InChI is InChI=1S/C16H18N2O2/c1-20-15-9-7-14(8-10-15)18-16(19)11-12-17-13-5-3-2-4-6-13/h2-10,17H,11-12H2,1H3,(H,18,19). The van der Waals surface area contributed by atoms with Crippen molar-refractivity contribution in [3.05, 3.63) is 54.6 Å². The van der Waals surface area contributed by atoms with Crippen LogP contribution in [0.15, 0.2) is 54.6 Å². The van der Waals surface area contributed by atoms with Gasteiger partial charge in [-0.05, 0) is 36.4 Å². The first-order valence-corrected chi connectivity index (χ1v) is 6.51. The summed E-state index contributed by atoms with van der Waals surface area (Å²) < 4.78 is 5.07. The van der Waals surface area contributed by atoms with Gasteiger partial charge in [-0.2, -0.15) is 0 Å². The first-order chi connectivity index (χ1) is 9.78. The lowest BCUT2D eigenvalue weighted by Crippen LogP contribution is -2.16. The number of carbonyl (C=O) groups is 1. The Balaban J connectivity index is 1.74. The molecule has 0 aliphatic rings. The zero-order chi connectivity index (χ0) is 14.2. The first kappa shape index (κ1) is 13.9. The number of amides is 1. The molecule has 1 amide bonds. The lowest BCUT2D eigenvalue weighted by molar-refractivity contribution is -0.115. The summed E-state index contributed by atoms with van der Waals surface area (Å²) in [6, 6.07) is 17.1. The van der Waals surface area contributed by atoms with Crippen molar-refractivity contribution < 1.29 is 9.53 Å². The average molecular weight is 270 g/mol. The molecule has 0 atom stereocenters. The quantitative estimate of drug-likeness (QED) is 0.848. The molecule has 0 saturated heterocycles. The highest BCUT2D eigenvalue weighted by molar-refractivity contribution is 5.91. The van der Waals surface area contributed by atoms with Gasteiger partial charge in [0.2, 0.25) is 5.91 Å². The van der Waals surface area contributed by atoms with E-state index in [2.05, 4.69) is 10.6 Å². The van der Waals surface area contributed by atoms with E-state index in [1.807, 2.05) is 54.6 Å². The fraction of sp³-hybridized carbons (Fsp3) is 0.188. The van der Waals surface area contributed by atoms with E-state index in [9.17, 15) is 4.79 Å². The summed E-state index contributed by atoms with van der Waals surface area (Å²) in [5.41, 5.74) is 1.79. The van der Waals surface area contributed by atoms with Crippen molar-refractivity contribution >= 4 is 17.3 Å². The molecule has 0 saturated carbocycles. The molecule has 0 aliphatic heterocycles. The van der Waals surface area contributed by atoms with E-state index in [0.717, 1.165) is 17.1 Å². The number of para-hydroxylation sites is 1. The summed E-state index contributed by atoms with van der Waals surface area (Å²) in [6.45, 7) is 0.603. The topological polar surface area (TPSA) is 50.4 Å². The maximum Gasteiger partial charge on any atom is 0.226 e. The maximum absolute atomic E-state index is 11.8. The molecule has 4 nitrogen and oxygen atoms in total. The van der Waals surface area contributed by atoms with Crippen molar-refractivity contribution in [1.29, 1.82) is 0 Å². The Labute approximate surface area is 118 Å². The van der Waals surface area contributed by atoms with Crippen molar-refractivity contribution in [3.63, 3.8) is 0 Å². The lowest BCUT2D eigenvalue weighted by atomic mass is 10.3. The number of hydrogen-bond donors (Lipinski definition) is 2. The zero-order valence-electron chi connectivity index (χ0n) is 11.4. The van der Waals surface area contributed by atoms with E-state index in [-0.39, 0.29) is 5.91 Å². The number of rotatable bonds is 6. The minimum Gasteiger partial charge on any atom is -0.497 e. The van der Waals surface area contributed by atoms with Crippen LogP contribution in [0.1, 0.15) is 6.42 Å². The summed E-state index contributed by atoms with van der Waals surface area (Å²) in [7, 11) is 1.61. The van der Waals surface area contributed by atoms with Gasteiger partial charge in [-0.25, -0.2) is 0 Å². The normalized spacial score (nSPS) is 9.85. The van der Waals surface area contributed by atoms with Gasteiger partial charge >= 0.3 is 0 Å². The highest BCUT2D eigenvalue weighted by Gasteiger charge is 2.02. The Morgan fingerprint density at radius 3 is 2.35 bits per heavy atom. The summed E-state index contributed by atoms with van der Waals surface area (Å²) in [5, 5.41) is 6.04. The average Bonchev–Trinajstić information content (AvgIpc) is 2.49. The number of ether oxygens (including phenoxy) is 1. The van der Waals surface area contributed by atoms with Crippen LogP contribution in [0, 0.1) is 0 Å². The fourth-order valence-corrected chi connectivity index (χ4v) is 1.77. The minimum atomic E-state index is -0.0152. The van der Waals surface area contributed by atoms with Crippen molar-refractivity contribution in [1.82, 2.24) is 0 Å². The fourth-order valence-electron chi connectivity index (χ4n) is 1.77. The van der Waals surface area contributed by atoms with Crippen molar-refractivity contribution in [2.45, 2.75) is 6.42 Å². The molecule has 0 heterocycles. The number of methoxy groups -OCH3 is 1. The minimum absolute atomic E-state index is 0.0152. The molecule has 0 spiro atoms. The molecule has 20 heavy (non-hydrogen) atoms. The van der Waals surface area contributed by atoms with Crippen molar-refractivity contribution in [3.8, 4) is 5.75 Å². The highest BCUT2D eigenvalue weighted by atomic mass is 16.5. The third-order valence-corrected chi connectivity index (χ3v) is 2.83. The molecule has 0 radical (unpaired) electrons. The molecular formula is C16H18N2O2. The number of hydrogen-bond acceptors (Lipinski definition) is 3. The van der Waals surface area contributed by atoms with Gasteiger partial charge in [0.1, 0.15) is 5.75 Å². The third-order valence-electron chi connectivity index (χ3n) is 2.83. The van der Waals surface area contributed by atoms with E-state index in [1.54, 1.807) is 7.11 Å². The Bertz CT molecular complexity index is 538. The van der Waals surface area contributed by atoms with Crippen molar-refractivity contribution in [2.75, 3.05) is 24.3 Å². The van der Waals surface area contributed by atoms with Crippen LogP contribution in [0.2, 0.25) is 0 Å². The molecule has 0 bridgehead atoms. The summed E-state index contributed by atoms with van der Waals surface area (Å²) >= 11 is 0. The molecule has 2 aromatic carbocycles. The smallest absolute Gasteiger partial charge is 0.226 e. The number of anilines is 2. The first-order valence-electron chi connectivity index (χ1n) is 6.51. The van der Waals surface area contributed by atoms with E-state index in [4.69, 9.17) is 4.74 Å². The Hall–Kier alpha value is -2.49. The monoisotopic (exact) mass is 270 g/mol. The van der Waals surface area contributed by atoms with Crippen LogP contribution in [0.25, 0.3) is 0 Å². The Morgan fingerprint density at radius 1 is 1.00 bits per heavy atom. The Morgan fingerprint density at radius 2 is 1.70 bits per heavy atom. The summed E-state index contributed by atoms with van der Waals surface area (Å²) in [6.07, 6.45) is 0.418. The molecule has 2 aromatic rings. The number of carbonyl (C=O) groups excluding carboxylic acids is 1. The van der Waals surface area contributed by atoms with Gasteiger partial charge in [0.15, 0.2) is 0 Å².